The molecule has 1 aliphatic rings. The second-order valence-corrected chi connectivity index (χ2v) is 4.53. The third-order valence-electron chi connectivity index (χ3n) is 2.59. The summed E-state index contributed by atoms with van der Waals surface area (Å²) < 4.78 is 13.5. The monoisotopic (exact) mass is 314 g/mol. The fourth-order valence-corrected chi connectivity index (χ4v) is 2.01. The molecule has 0 fully saturated rings. The van der Waals surface area contributed by atoms with E-state index in [1.165, 1.54) is 13.1 Å². The lowest BCUT2D eigenvalue weighted by atomic mass is 10.1. The molecule has 0 unspecified atom stereocenters. The standard InChI is InChI=1S/C11H8BrFN2O3/c1-14-9(16)4-15-8-3-7(13)6(12)2-5(8)10(17)11(15)18/h2-3H,4H2,1H3,(H,14,16). The van der Waals surface area contributed by atoms with Crippen LogP contribution < -0.4 is 10.2 Å². The predicted octanol–water partition coefficient (Wildman–Crippen LogP) is 0.863. The Morgan fingerprint density at radius 1 is 1.44 bits per heavy atom. The molecule has 0 saturated heterocycles. The molecule has 0 aromatic heterocycles. The molecule has 1 N–H and O–H groups in total. The second kappa shape index (κ2) is 4.49. The molecule has 94 valence electrons. The molecule has 7 heteroatoms. The highest BCUT2D eigenvalue weighted by molar-refractivity contribution is 9.10. The lowest BCUT2D eigenvalue weighted by molar-refractivity contribution is -0.121. The Morgan fingerprint density at radius 2 is 2.11 bits per heavy atom. The van der Waals surface area contributed by atoms with Crippen LogP contribution in [0.2, 0.25) is 0 Å². The molecule has 0 bridgehead atoms. The third kappa shape index (κ3) is 1.90. The highest BCUT2D eigenvalue weighted by atomic mass is 79.9. The average Bonchev–Trinajstić information content (AvgIpc) is 2.56. The summed E-state index contributed by atoms with van der Waals surface area (Å²) in [6.45, 7) is -0.310. The number of fused-ring (bicyclic) bond motifs is 1. The minimum Gasteiger partial charge on any atom is -0.358 e. The summed E-state index contributed by atoms with van der Waals surface area (Å²) in [5.41, 5.74) is 0.214. The molecule has 0 radical (unpaired) electrons. The smallest absolute Gasteiger partial charge is 0.299 e. The van der Waals surface area contributed by atoms with Crippen LogP contribution in [0.15, 0.2) is 16.6 Å². The van der Waals surface area contributed by atoms with E-state index in [1.807, 2.05) is 0 Å². The topological polar surface area (TPSA) is 66.5 Å². The van der Waals surface area contributed by atoms with Gasteiger partial charge in [-0.15, -0.1) is 0 Å². The first kappa shape index (κ1) is 12.7. The maximum atomic E-state index is 13.4. The Labute approximate surface area is 110 Å². The lowest BCUT2D eigenvalue weighted by Gasteiger charge is -2.15. The van der Waals surface area contributed by atoms with E-state index in [-0.39, 0.29) is 22.3 Å². The summed E-state index contributed by atoms with van der Waals surface area (Å²) >= 11 is 2.94. The largest absolute Gasteiger partial charge is 0.358 e. The summed E-state index contributed by atoms with van der Waals surface area (Å²) in [7, 11) is 1.41. The maximum absolute atomic E-state index is 13.4. The number of rotatable bonds is 2. The van der Waals surface area contributed by atoms with Gasteiger partial charge in [0.05, 0.1) is 15.7 Å². The molecule has 1 heterocycles. The first-order valence-corrected chi connectivity index (χ1v) is 5.81. The van der Waals surface area contributed by atoms with Gasteiger partial charge < -0.3 is 5.32 Å². The van der Waals surface area contributed by atoms with Crippen molar-refractivity contribution in [2.24, 2.45) is 0 Å². The van der Waals surface area contributed by atoms with Crippen LogP contribution in [-0.4, -0.2) is 31.2 Å². The van der Waals surface area contributed by atoms with Gasteiger partial charge in [-0.2, -0.15) is 0 Å². The first-order valence-electron chi connectivity index (χ1n) is 5.01. The van der Waals surface area contributed by atoms with Crippen molar-refractivity contribution in [2.75, 3.05) is 18.5 Å². The number of anilines is 1. The number of Topliss-reactive ketones (excluding diaryl/α,β-unsaturated/α-hetero) is 1. The van der Waals surface area contributed by atoms with Crippen LogP contribution in [0.4, 0.5) is 10.1 Å². The zero-order valence-electron chi connectivity index (χ0n) is 9.29. The zero-order valence-corrected chi connectivity index (χ0v) is 10.9. The van der Waals surface area contributed by atoms with Crippen LogP contribution in [0.3, 0.4) is 0 Å². The van der Waals surface area contributed by atoms with Crippen LogP contribution in [0.25, 0.3) is 0 Å². The van der Waals surface area contributed by atoms with E-state index < -0.39 is 23.4 Å². The molecule has 0 saturated carbocycles. The number of halogens is 2. The van der Waals surface area contributed by atoms with Gasteiger partial charge in [-0.1, -0.05) is 0 Å². The summed E-state index contributed by atoms with van der Waals surface area (Å²) in [5.74, 6) is -2.61. The van der Waals surface area contributed by atoms with Gasteiger partial charge in [-0.05, 0) is 28.1 Å². The van der Waals surface area contributed by atoms with Gasteiger partial charge in [0.15, 0.2) is 0 Å². The fraction of sp³-hybridized carbons (Fsp3) is 0.182. The van der Waals surface area contributed by atoms with Crippen LogP contribution in [0, 0.1) is 5.82 Å². The fourth-order valence-electron chi connectivity index (χ4n) is 1.67. The van der Waals surface area contributed by atoms with E-state index in [0.717, 1.165) is 11.0 Å². The predicted molar refractivity (Wildman–Crippen MR) is 64.9 cm³/mol. The van der Waals surface area contributed by atoms with Crippen molar-refractivity contribution >= 4 is 39.2 Å². The molecule has 2 amide bonds. The quantitative estimate of drug-likeness (QED) is 0.823. The summed E-state index contributed by atoms with van der Waals surface area (Å²) in [4.78, 5) is 35.6. The van der Waals surface area contributed by atoms with Crippen molar-refractivity contribution in [2.45, 2.75) is 0 Å². The Kier molecular flexibility index (Phi) is 3.16. The molecule has 18 heavy (non-hydrogen) atoms. The van der Waals surface area contributed by atoms with Crippen molar-refractivity contribution in [3.05, 3.63) is 28.0 Å². The number of ketones is 1. The van der Waals surface area contributed by atoms with Crippen molar-refractivity contribution in [1.82, 2.24) is 5.32 Å². The van der Waals surface area contributed by atoms with E-state index >= 15 is 0 Å². The summed E-state index contributed by atoms with van der Waals surface area (Å²) in [6.07, 6.45) is 0. The van der Waals surface area contributed by atoms with E-state index in [4.69, 9.17) is 0 Å². The van der Waals surface area contributed by atoms with Gasteiger partial charge >= 0.3 is 0 Å². The molecule has 1 aromatic carbocycles. The number of carbonyl (C=O) groups is 3. The Hall–Kier alpha value is -1.76. The number of nitrogens with zero attached hydrogens (tertiary/aromatic N) is 1. The summed E-state index contributed by atoms with van der Waals surface area (Å²) in [5, 5.41) is 2.34. The van der Waals surface area contributed by atoms with Crippen molar-refractivity contribution in [1.29, 1.82) is 0 Å². The number of nitrogens with one attached hydrogen (secondary N) is 1. The molecular weight excluding hydrogens is 307 g/mol. The molecule has 1 aromatic rings. The van der Waals surface area contributed by atoms with Gasteiger partial charge in [0.25, 0.3) is 11.7 Å². The maximum Gasteiger partial charge on any atom is 0.299 e. The zero-order chi connectivity index (χ0) is 13.4. The van der Waals surface area contributed by atoms with E-state index in [2.05, 4.69) is 21.2 Å². The minimum atomic E-state index is -0.828. The Balaban J connectivity index is 2.48. The van der Waals surface area contributed by atoms with Crippen molar-refractivity contribution in [3.63, 3.8) is 0 Å². The molecule has 0 atom stereocenters. The van der Waals surface area contributed by atoms with Crippen LogP contribution in [0.1, 0.15) is 10.4 Å². The van der Waals surface area contributed by atoms with Crippen molar-refractivity contribution in [3.8, 4) is 0 Å². The number of amides is 2. The minimum absolute atomic E-state index is 0.0946. The van der Waals surface area contributed by atoms with Crippen molar-refractivity contribution < 1.29 is 18.8 Å². The number of carbonyl (C=O) groups excluding carboxylic acids is 3. The molecule has 5 nitrogen and oxygen atoms in total. The third-order valence-corrected chi connectivity index (χ3v) is 3.20. The highest BCUT2D eigenvalue weighted by Crippen LogP contribution is 2.32. The number of likely N-dealkylation sites (N-methyl/N-ethyl adjacent to an activating group) is 1. The van der Waals surface area contributed by atoms with Crippen LogP contribution in [0.5, 0.6) is 0 Å². The SMILES string of the molecule is CNC(=O)CN1C(=O)C(=O)c2cc(Br)c(F)cc21. The average molecular weight is 315 g/mol. The Morgan fingerprint density at radius 3 is 2.72 bits per heavy atom. The van der Waals surface area contributed by atoms with E-state index in [9.17, 15) is 18.8 Å². The van der Waals surface area contributed by atoms with Crippen LogP contribution in [-0.2, 0) is 9.59 Å². The number of hydrogen-bond acceptors (Lipinski definition) is 3. The summed E-state index contributed by atoms with van der Waals surface area (Å²) in [6, 6.07) is 2.31. The molecular formula is C11H8BrFN2O3. The highest BCUT2D eigenvalue weighted by Gasteiger charge is 2.37. The molecule has 0 aliphatic carbocycles. The number of hydrogen-bond donors (Lipinski definition) is 1. The van der Waals surface area contributed by atoms with Crippen LogP contribution >= 0.6 is 15.9 Å². The first-order chi connectivity index (χ1) is 8.45. The van der Waals surface area contributed by atoms with Gasteiger partial charge in [-0.3, -0.25) is 19.3 Å². The molecule has 2 rings (SSSR count). The lowest BCUT2D eigenvalue weighted by Crippen LogP contribution is -2.38. The van der Waals surface area contributed by atoms with Gasteiger partial charge in [0.2, 0.25) is 5.91 Å². The van der Waals surface area contributed by atoms with Gasteiger partial charge in [-0.25, -0.2) is 4.39 Å². The Bertz CT molecular complexity index is 574. The molecule has 0 spiro atoms. The van der Waals surface area contributed by atoms with E-state index in [1.54, 1.807) is 0 Å². The normalized spacial score (nSPS) is 13.8. The van der Waals surface area contributed by atoms with Gasteiger partial charge in [0.1, 0.15) is 12.4 Å². The van der Waals surface area contributed by atoms with E-state index in [0.29, 0.717) is 0 Å². The number of benzene rings is 1. The van der Waals surface area contributed by atoms with Gasteiger partial charge in [0, 0.05) is 7.05 Å². The second-order valence-electron chi connectivity index (χ2n) is 3.68. The molecule has 1 aliphatic heterocycles.